The Morgan fingerprint density at radius 3 is 2.65 bits per heavy atom. The first kappa shape index (κ1) is 15.9. The SMILES string of the molecule is C=CCNCC(=O)Nc1cc(C(=O)N(C)C)ccc1C. The summed E-state index contributed by atoms with van der Waals surface area (Å²) in [4.78, 5) is 25.1. The molecule has 2 N–H and O–H groups in total. The number of nitrogens with zero attached hydrogens (tertiary/aromatic N) is 1. The van der Waals surface area contributed by atoms with Crippen molar-refractivity contribution in [1.82, 2.24) is 10.2 Å². The number of rotatable bonds is 6. The van der Waals surface area contributed by atoms with Gasteiger partial charge in [-0.1, -0.05) is 12.1 Å². The van der Waals surface area contributed by atoms with E-state index in [1.165, 1.54) is 4.90 Å². The van der Waals surface area contributed by atoms with Crippen molar-refractivity contribution >= 4 is 17.5 Å². The Kier molecular flexibility index (Phi) is 5.93. The molecule has 1 aromatic rings. The zero-order chi connectivity index (χ0) is 15.1. The summed E-state index contributed by atoms with van der Waals surface area (Å²) >= 11 is 0. The summed E-state index contributed by atoms with van der Waals surface area (Å²) in [6, 6.07) is 5.27. The van der Waals surface area contributed by atoms with Crippen LogP contribution in [0.25, 0.3) is 0 Å². The maximum Gasteiger partial charge on any atom is 0.253 e. The molecule has 0 atom stereocenters. The highest BCUT2D eigenvalue weighted by molar-refractivity contribution is 5.98. The van der Waals surface area contributed by atoms with E-state index in [4.69, 9.17) is 0 Å². The lowest BCUT2D eigenvalue weighted by Gasteiger charge is -2.13. The van der Waals surface area contributed by atoms with Gasteiger partial charge in [0.15, 0.2) is 0 Å². The number of hydrogen-bond acceptors (Lipinski definition) is 3. The first-order valence-electron chi connectivity index (χ1n) is 6.39. The standard InChI is InChI=1S/C15H21N3O2/c1-5-8-16-10-14(19)17-13-9-12(7-6-11(13)2)15(20)18(3)4/h5-7,9,16H,1,8,10H2,2-4H3,(H,17,19). The fourth-order valence-corrected chi connectivity index (χ4v) is 1.63. The molecule has 0 heterocycles. The minimum absolute atomic E-state index is 0.0923. The first-order chi connectivity index (χ1) is 9.45. The molecule has 0 saturated carbocycles. The van der Waals surface area contributed by atoms with Crippen LogP contribution in [0.15, 0.2) is 30.9 Å². The van der Waals surface area contributed by atoms with Crippen molar-refractivity contribution in [3.8, 4) is 0 Å². The highest BCUT2D eigenvalue weighted by Crippen LogP contribution is 2.17. The van der Waals surface area contributed by atoms with Gasteiger partial charge in [-0.2, -0.15) is 0 Å². The molecule has 0 aliphatic heterocycles. The predicted molar refractivity (Wildman–Crippen MR) is 80.9 cm³/mol. The van der Waals surface area contributed by atoms with Crippen LogP contribution in [0, 0.1) is 6.92 Å². The molecule has 0 unspecified atom stereocenters. The van der Waals surface area contributed by atoms with Crippen LogP contribution >= 0.6 is 0 Å². The smallest absolute Gasteiger partial charge is 0.253 e. The van der Waals surface area contributed by atoms with Crippen molar-refractivity contribution in [2.75, 3.05) is 32.5 Å². The van der Waals surface area contributed by atoms with Crippen molar-refractivity contribution in [1.29, 1.82) is 0 Å². The Bertz CT molecular complexity index is 510. The fourth-order valence-electron chi connectivity index (χ4n) is 1.63. The molecule has 1 aromatic carbocycles. The first-order valence-corrected chi connectivity index (χ1v) is 6.39. The van der Waals surface area contributed by atoms with Crippen molar-refractivity contribution in [3.05, 3.63) is 42.0 Å². The zero-order valence-corrected chi connectivity index (χ0v) is 12.2. The molecule has 2 amide bonds. The Balaban J connectivity index is 2.79. The monoisotopic (exact) mass is 275 g/mol. The lowest BCUT2D eigenvalue weighted by Crippen LogP contribution is -2.28. The molecule has 1 rings (SSSR count). The third-order valence-electron chi connectivity index (χ3n) is 2.74. The number of hydrogen-bond donors (Lipinski definition) is 2. The van der Waals surface area contributed by atoms with Gasteiger partial charge < -0.3 is 15.5 Å². The van der Waals surface area contributed by atoms with Crippen LogP contribution in [-0.2, 0) is 4.79 Å². The number of aryl methyl sites for hydroxylation is 1. The lowest BCUT2D eigenvalue weighted by atomic mass is 10.1. The Morgan fingerprint density at radius 1 is 1.35 bits per heavy atom. The molecule has 5 heteroatoms. The Hall–Kier alpha value is -2.14. The Morgan fingerprint density at radius 2 is 2.05 bits per heavy atom. The normalized spacial score (nSPS) is 9.95. The van der Waals surface area contributed by atoms with E-state index in [0.29, 0.717) is 17.8 Å². The molecule has 20 heavy (non-hydrogen) atoms. The molecule has 0 aliphatic rings. The molecule has 5 nitrogen and oxygen atoms in total. The maximum absolute atomic E-state index is 11.9. The summed E-state index contributed by atoms with van der Waals surface area (Å²) in [5, 5.41) is 5.72. The number of carbonyl (C=O) groups is 2. The van der Waals surface area contributed by atoms with Gasteiger partial charge in [-0.25, -0.2) is 0 Å². The summed E-state index contributed by atoms with van der Waals surface area (Å²) in [5.41, 5.74) is 2.12. The van der Waals surface area contributed by atoms with Gasteiger partial charge in [-0.05, 0) is 24.6 Å². The van der Waals surface area contributed by atoms with E-state index >= 15 is 0 Å². The summed E-state index contributed by atoms with van der Waals surface area (Å²) in [6.45, 7) is 6.23. The van der Waals surface area contributed by atoms with Crippen LogP contribution in [0.4, 0.5) is 5.69 Å². The molecule has 0 saturated heterocycles. The average molecular weight is 275 g/mol. The van der Waals surface area contributed by atoms with E-state index in [0.717, 1.165) is 5.56 Å². The summed E-state index contributed by atoms with van der Waals surface area (Å²) in [7, 11) is 3.39. The van der Waals surface area contributed by atoms with E-state index in [1.807, 2.05) is 13.0 Å². The van der Waals surface area contributed by atoms with Crippen LogP contribution in [-0.4, -0.2) is 43.9 Å². The molecule has 0 radical (unpaired) electrons. The van der Waals surface area contributed by atoms with Crippen LogP contribution in [0.5, 0.6) is 0 Å². The van der Waals surface area contributed by atoms with Gasteiger partial charge >= 0.3 is 0 Å². The van der Waals surface area contributed by atoms with Crippen molar-refractivity contribution < 1.29 is 9.59 Å². The van der Waals surface area contributed by atoms with Crippen LogP contribution in [0.2, 0.25) is 0 Å². The van der Waals surface area contributed by atoms with Gasteiger partial charge in [-0.15, -0.1) is 6.58 Å². The summed E-state index contributed by atoms with van der Waals surface area (Å²) in [6.07, 6.45) is 1.69. The van der Waals surface area contributed by atoms with E-state index < -0.39 is 0 Å². The van der Waals surface area contributed by atoms with Gasteiger partial charge in [0, 0.05) is 31.9 Å². The largest absolute Gasteiger partial charge is 0.345 e. The molecular weight excluding hydrogens is 254 g/mol. The highest BCUT2D eigenvalue weighted by atomic mass is 16.2. The molecule has 0 spiro atoms. The second-order valence-electron chi connectivity index (χ2n) is 4.70. The number of nitrogens with one attached hydrogen (secondary N) is 2. The summed E-state index contributed by atoms with van der Waals surface area (Å²) < 4.78 is 0. The highest BCUT2D eigenvalue weighted by Gasteiger charge is 2.11. The van der Waals surface area contributed by atoms with Crippen LogP contribution in [0.1, 0.15) is 15.9 Å². The zero-order valence-electron chi connectivity index (χ0n) is 12.2. The second-order valence-corrected chi connectivity index (χ2v) is 4.70. The van der Waals surface area contributed by atoms with Crippen LogP contribution in [0.3, 0.4) is 0 Å². The molecule has 0 aromatic heterocycles. The van der Waals surface area contributed by atoms with E-state index in [9.17, 15) is 9.59 Å². The molecule has 0 bridgehead atoms. The Labute approximate surface area is 119 Å². The molecule has 108 valence electrons. The average Bonchev–Trinajstić information content (AvgIpc) is 2.40. The van der Waals surface area contributed by atoms with E-state index in [1.54, 1.807) is 32.3 Å². The molecule has 0 fully saturated rings. The van der Waals surface area contributed by atoms with Gasteiger partial charge in [0.05, 0.1) is 6.54 Å². The minimum atomic E-state index is -0.149. The topological polar surface area (TPSA) is 61.4 Å². The number of anilines is 1. The van der Waals surface area contributed by atoms with E-state index in [-0.39, 0.29) is 18.4 Å². The number of benzene rings is 1. The molecular formula is C15H21N3O2. The molecule has 0 aliphatic carbocycles. The fraction of sp³-hybridized carbons (Fsp3) is 0.333. The predicted octanol–water partition coefficient (Wildman–Crippen LogP) is 1.41. The van der Waals surface area contributed by atoms with E-state index in [2.05, 4.69) is 17.2 Å². The third kappa shape index (κ3) is 4.51. The van der Waals surface area contributed by atoms with Crippen LogP contribution < -0.4 is 10.6 Å². The van der Waals surface area contributed by atoms with Gasteiger partial charge in [0.2, 0.25) is 5.91 Å². The van der Waals surface area contributed by atoms with Gasteiger partial charge in [0.1, 0.15) is 0 Å². The van der Waals surface area contributed by atoms with Gasteiger partial charge in [0.25, 0.3) is 5.91 Å². The number of amides is 2. The third-order valence-corrected chi connectivity index (χ3v) is 2.74. The summed E-state index contributed by atoms with van der Waals surface area (Å²) in [5.74, 6) is -0.241. The lowest BCUT2D eigenvalue weighted by molar-refractivity contribution is -0.115. The quantitative estimate of drug-likeness (QED) is 0.609. The van der Waals surface area contributed by atoms with Gasteiger partial charge in [-0.3, -0.25) is 9.59 Å². The minimum Gasteiger partial charge on any atom is -0.345 e. The maximum atomic E-state index is 11.9. The van der Waals surface area contributed by atoms with Crippen molar-refractivity contribution in [3.63, 3.8) is 0 Å². The van der Waals surface area contributed by atoms with Crippen molar-refractivity contribution in [2.24, 2.45) is 0 Å². The number of carbonyl (C=O) groups excluding carboxylic acids is 2. The second kappa shape index (κ2) is 7.45. The van der Waals surface area contributed by atoms with Crippen molar-refractivity contribution in [2.45, 2.75) is 6.92 Å².